The van der Waals surface area contributed by atoms with E-state index in [1.54, 1.807) is 11.3 Å². The van der Waals surface area contributed by atoms with Gasteiger partial charge in [0, 0.05) is 35.0 Å². The van der Waals surface area contributed by atoms with Crippen LogP contribution in [0.3, 0.4) is 0 Å². The first-order chi connectivity index (χ1) is 14.8. The molecule has 30 heavy (non-hydrogen) atoms. The van der Waals surface area contributed by atoms with E-state index in [4.69, 9.17) is 14.5 Å². The van der Waals surface area contributed by atoms with Gasteiger partial charge in [0.2, 0.25) is 6.79 Å². The predicted molar refractivity (Wildman–Crippen MR) is 120 cm³/mol. The van der Waals surface area contributed by atoms with Gasteiger partial charge in [0.1, 0.15) is 0 Å². The Bertz CT molecular complexity index is 1220. The van der Waals surface area contributed by atoms with Crippen LogP contribution in [0.5, 0.6) is 11.5 Å². The minimum absolute atomic E-state index is 0.276. The molecule has 2 aromatic carbocycles. The molecule has 0 saturated heterocycles. The number of aromatic nitrogens is 1. The van der Waals surface area contributed by atoms with Crippen molar-refractivity contribution in [3.8, 4) is 22.8 Å². The van der Waals surface area contributed by atoms with Gasteiger partial charge in [-0.3, -0.25) is 0 Å². The van der Waals surface area contributed by atoms with Crippen LogP contribution in [0, 0.1) is 0 Å². The second-order valence-electron chi connectivity index (χ2n) is 7.93. The van der Waals surface area contributed by atoms with Gasteiger partial charge in [0.05, 0.1) is 11.2 Å². The van der Waals surface area contributed by atoms with Crippen molar-refractivity contribution < 1.29 is 9.47 Å². The molecule has 0 saturated carbocycles. The van der Waals surface area contributed by atoms with Crippen molar-refractivity contribution in [3.63, 3.8) is 0 Å². The third kappa shape index (κ3) is 3.15. The Morgan fingerprint density at radius 3 is 2.87 bits per heavy atom. The van der Waals surface area contributed by atoms with E-state index in [1.807, 2.05) is 12.1 Å². The topological polar surface area (TPSA) is 43.4 Å². The van der Waals surface area contributed by atoms with E-state index in [-0.39, 0.29) is 6.79 Å². The van der Waals surface area contributed by atoms with Crippen LogP contribution in [-0.2, 0) is 13.0 Å². The van der Waals surface area contributed by atoms with Gasteiger partial charge in [-0.2, -0.15) is 11.3 Å². The molecule has 0 bridgehead atoms. The average molecular weight is 415 g/mol. The first-order valence-corrected chi connectivity index (χ1v) is 11.4. The van der Waals surface area contributed by atoms with Crippen molar-refractivity contribution in [2.45, 2.75) is 31.8 Å². The normalized spacial score (nSPS) is 17.3. The van der Waals surface area contributed by atoms with Gasteiger partial charge in [-0.25, -0.2) is 4.98 Å². The first kappa shape index (κ1) is 17.9. The number of aryl methyl sites for hydroxylation is 1. The van der Waals surface area contributed by atoms with E-state index in [9.17, 15) is 0 Å². The second kappa shape index (κ2) is 7.42. The first-order valence-electron chi connectivity index (χ1n) is 10.4. The lowest BCUT2D eigenvalue weighted by atomic mass is 9.87. The summed E-state index contributed by atoms with van der Waals surface area (Å²) in [7, 11) is 0. The highest BCUT2D eigenvalue weighted by Gasteiger charge is 2.21. The third-order valence-corrected chi connectivity index (χ3v) is 6.77. The lowest BCUT2D eigenvalue weighted by Crippen LogP contribution is -2.25. The molecule has 0 fully saturated rings. The summed E-state index contributed by atoms with van der Waals surface area (Å²) in [6.07, 6.45) is 3.58. The van der Waals surface area contributed by atoms with Crippen molar-refractivity contribution >= 4 is 22.2 Å². The van der Waals surface area contributed by atoms with Gasteiger partial charge < -0.3 is 14.8 Å². The molecule has 6 rings (SSSR count). The van der Waals surface area contributed by atoms with Crippen molar-refractivity contribution in [3.05, 3.63) is 76.0 Å². The van der Waals surface area contributed by atoms with E-state index in [2.05, 4.69) is 52.5 Å². The fraction of sp³-hybridized carbons (Fsp3) is 0.240. The summed E-state index contributed by atoms with van der Waals surface area (Å²) in [5.74, 6) is 1.57. The Morgan fingerprint density at radius 2 is 1.97 bits per heavy atom. The third-order valence-electron chi connectivity index (χ3n) is 6.09. The number of fused-ring (bicyclic) bond motifs is 3. The molecule has 0 spiro atoms. The summed E-state index contributed by atoms with van der Waals surface area (Å²) in [4.78, 5) is 5.03. The molecule has 1 N–H and O–H groups in total. The number of hydrogen-bond donors (Lipinski definition) is 1. The molecule has 1 aliphatic carbocycles. The second-order valence-corrected chi connectivity index (χ2v) is 8.71. The van der Waals surface area contributed by atoms with Crippen molar-refractivity contribution in [1.29, 1.82) is 0 Å². The average Bonchev–Trinajstić information content (AvgIpc) is 3.47. The highest BCUT2D eigenvalue weighted by molar-refractivity contribution is 7.08. The van der Waals surface area contributed by atoms with E-state index >= 15 is 0 Å². The summed E-state index contributed by atoms with van der Waals surface area (Å²) in [6.45, 7) is 1.06. The largest absolute Gasteiger partial charge is 0.454 e. The molecule has 0 unspecified atom stereocenters. The number of ether oxygens (including phenoxy) is 2. The Kier molecular flexibility index (Phi) is 4.43. The molecule has 5 heteroatoms. The summed E-state index contributed by atoms with van der Waals surface area (Å²) in [5.41, 5.74) is 7.27. The fourth-order valence-corrected chi connectivity index (χ4v) is 5.23. The van der Waals surface area contributed by atoms with Crippen LogP contribution in [0.1, 0.15) is 35.6 Å². The molecule has 3 heterocycles. The van der Waals surface area contributed by atoms with E-state index in [0.717, 1.165) is 34.6 Å². The van der Waals surface area contributed by atoms with Crippen molar-refractivity contribution in [2.75, 3.05) is 6.79 Å². The van der Waals surface area contributed by atoms with E-state index in [0.29, 0.717) is 6.04 Å². The molecular formula is C25H22N2O2S. The van der Waals surface area contributed by atoms with Gasteiger partial charge >= 0.3 is 0 Å². The van der Waals surface area contributed by atoms with Gasteiger partial charge in [-0.05, 0) is 59.5 Å². The number of thiophene rings is 1. The van der Waals surface area contributed by atoms with Crippen LogP contribution in [0.2, 0.25) is 0 Å². The lowest BCUT2D eigenvalue weighted by molar-refractivity contribution is 0.174. The summed E-state index contributed by atoms with van der Waals surface area (Å²) >= 11 is 1.70. The van der Waals surface area contributed by atoms with Crippen LogP contribution in [0.25, 0.3) is 22.2 Å². The number of pyridine rings is 1. The van der Waals surface area contributed by atoms with E-state index in [1.165, 1.54) is 41.5 Å². The number of hydrogen-bond acceptors (Lipinski definition) is 5. The molecule has 1 atom stereocenters. The SMILES string of the molecule is c1ccc2c(c1)CCC[C@H]2NCc1cc2cc3c(cc2nc1-c1ccsc1)OCO3. The smallest absolute Gasteiger partial charge is 0.231 e. The van der Waals surface area contributed by atoms with Crippen LogP contribution < -0.4 is 14.8 Å². The zero-order valence-electron chi connectivity index (χ0n) is 16.6. The minimum atomic E-state index is 0.276. The molecule has 150 valence electrons. The maximum Gasteiger partial charge on any atom is 0.231 e. The Balaban J connectivity index is 1.38. The fourth-order valence-electron chi connectivity index (χ4n) is 4.59. The standard InChI is InChI=1S/C25H22N2O2S/c1-2-6-20-16(4-1)5-3-7-21(20)26-13-19-10-18-11-23-24(29-15-28-23)12-22(18)27-25(19)17-8-9-30-14-17/h1-2,4,6,8-12,14,21,26H,3,5,7,13,15H2/t21-/m1/s1. The van der Waals surface area contributed by atoms with Crippen molar-refractivity contribution in [1.82, 2.24) is 10.3 Å². The Labute approximate surface area is 179 Å². The number of nitrogens with zero attached hydrogens (tertiary/aromatic N) is 1. The van der Waals surface area contributed by atoms with Crippen LogP contribution in [0.15, 0.2) is 59.3 Å². The lowest BCUT2D eigenvalue weighted by Gasteiger charge is -2.27. The van der Waals surface area contributed by atoms with Gasteiger partial charge in [0.15, 0.2) is 11.5 Å². The maximum absolute atomic E-state index is 5.58. The summed E-state index contributed by atoms with van der Waals surface area (Å²) in [5, 5.41) is 9.18. The monoisotopic (exact) mass is 414 g/mol. The van der Waals surface area contributed by atoms with E-state index < -0.39 is 0 Å². The number of nitrogens with one attached hydrogen (secondary N) is 1. The zero-order chi connectivity index (χ0) is 19.9. The van der Waals surface area contributed by atoms with Crippen LogP contribution in [-0.4, -0.2) is 11.8 Å². The minimum Gasteiger partial charge on any atom is -0.454 e. The summed E-state index contributed by atoms with van der Waals surface area (Å²) < 4.78 is 11.1. The maximum atomic E-state index is 5.58. The molecule has 0 radical (unpaired) electrons. The number of rotatable bonds is 4. The summed E-state index contributed by atoms with van der Waals surface area (Å²) in [6, 6.07) is 17.6. The van der Waals surface area contributed by atoms with Gasteiger partial charge in [-0.15, -0.1) is 0 Å². The van der Waals surface area contributed by atoms with Gasteiger partial charge in [0.25, 0.3) is 0 Å². The zero-order valence-corrected chi connectivity index (χ0v) is 17.4. The molecule has 2 aromatic heterocycles. The molecule has 2 aliphatic rings. The predicted octanol–water partition coefficient (Wildman–Crippen LogP) is 5.86. The number of benzene rings is 2. The van der Waals surface area contributed by atoms with Gasteiger partial charge in [-0.1, -0.05) is 24.3 Å². The van der Waals surface area contributed by atoms with Crippen LogP contribution >= 0.6 is 11.3 Å². The highest BCUT2D eigenvalue weighted by Crippen LogP contribution is 2.38. The highest BCUT2D eigenvalue weighted by atomic mass is 32.1. The molecule has 4 nitrogen and oxygen atoms in total. The Hall–Kier alpha value is -2.89. The molecule has 4 aromatic rings. The van der Waals surface area contributed by atoms with Crippen LogP contribution in [0.4, 0.5) is 0 Å². The Morgan fingerprint density at radius 1 is 1.07 bits per heavy atom. The molecular weight excluding hydrogens is 392 g/mol. The molecule has 1 aliphatic heterocycles. The van der Waals surface area contributed by atoms with Crippen molar-refractivity contribution in [2.24, 2.45) is 0 Å². The quantitative estimate of drug-likeness (QED) is 0.454. The molecule has 0 amide bonds.